The zero-order valence-corrected chi connectivity index (χ0v) is 18.5. The van der Waals surface area contributed by atoms with Crippen LogP contribution < -0.4 is 14.8 Å². The fourth-order valence-corrected chi connectivity index (χ4v) is 4.32. The normalized spacial score (nSPS) is 11.9. The number of nitrogens with one attached hydrogen (secondary N) is 2. The topological polar surface area (TPSA) is 84.5 Å². The molecular formula is C22H30N2O4S. The fraction of sp³-hybridized carbons (Fsp3) is 0.409. The molecule has 0 aliphatic carbocycles. The van der Waals surface area contributed by atoms with E-state index in [0.29, 0.717) is 5.75 Å². The Balaban J connectivity index is 2.02. The van der Waals surface area contributed by atoms with Crippen molar-refractivity contribution in [2.45, 2.75) is 57.9 Å². The molecule has 0 saturated carbocycles. The van der Waals surface area contributed by atoms with Crippen molar-refractivity contribution in [3.8, 4) is 5.75 Å². The van der Waals surface area contributed by atoms with E-state index in [0.717, 1.165) is 29.7 Å². The summed E-state index contributed by atoms with van der Waals surface area (Å²) in [4.78, 5) is 12.5. The van der Waals surface area contributed by atoms with Crippen LogP contribution in [0.2, 0.25) is 0 Å². The van der Waals surface area contributed by atoms with E-state index in [2.05, 4.69) is 10.0 Å². The van der Waals surface area contributed by atoms with Crippen LogP contribution in [-0.4, -0.2) is 26.5 Å². The summed E-state index contributed by atoms with van der Waals surface area (Å²) < 4.78 is 32.8. The van der Waals surface area contributed by atoms with Crippen LogP contribution in [0.5, 0.6) is 5.75 Å². The van der Waals surface area contributed by atoms with Crippen molar-refractivity contribution in [3.63, 3.8) is 0 Å². The number of aryl methyl sites for hydroxylation is 2. The van der Waals surface area contributed by atoms with E-state index in [1.807, 2.05) is 32.0 Å². The van der Waals surface area contributed by atoms with Crippen LogP contribution >= 0.6 is 0 Å². The van der Waals surface area contributed by atoms with Gasteiger partial charge in [0.15, 0.2) is 6.61 Å². The quantitative estimate of drug-likeness (QED) is 0.681. The Bertz CT molecular complexity index is 924. The molecule has 29 heavy (non-hydrogen) atoms. The van der Waals surface area contributed by atoms with E-state index in [1.165, 1.54) is 12.1 Å². The van der Waals surface area contributed by atoms with Gasteiger partial charge in [0.2, 0.25) is 10.0 Å². The predicted octanol–water partition coefficient (Wildman–Crippen LogP) is 3.91. The van der Waals surface area contributed by atoms with Crippen LogP contribution in [0.25, 0.3) is 0 Å². The van der Waals surface area contributed by atoms with Crippen molar-refractivity contribution in [2.75, 3.05) is 11.9 Å². The summed E-state index contributed by atoms with van der Waals surface area (Å²) in [6.07, 6.45) is 1.64. The second kappa shape index (κ2) is 9.41. The molecular weight excluding hydrogens is 388 g/mol. The molecule has 2 aromatic rings. The minimum atomic E-state index is -3.61. The lowest BCUT2D eigenvalue weighted by Crippen LogP contribution is -2.40. The Morgan fingerprint density at radius 3 is 2.00 bits per heavy atom. The number of ether oxygens (including phenoxy) is 1. The summed E-state index contributed by atoms with van der Waals surface area (Å²) in [5.74, 6) is 0.168. The number of anilines is 1. The lowest BCUT2D eigenvalue weighted by Gasteiger charge is -2.20. The molecule has 0 spiro atoms. The van der Waals surface area contributed by atoms with Gasteiger partial charge in [0, 0.05) is 11.2 Å². The van der Waals surface area contributed by atoms with Gasteiger partial charge in [0.25, 0.3) is 5.91 Å². The largest absolute Gasteiger partial charge is 0.484 e. The third-order valence-electron chi connectivity index (χ3n) is 4.21. The molecule has 0 fully saturated rings. The van der Waals surface area contributed by atoms with Crippen LogP contribution in [0, 0.1) is 0 Å². The van der Waals surface area contributed by atoms with E-state index in [1.54, 1.807) is 32.9 Å². The number of rotatable bonds is 8. The van der Waals surface area contributed by atoms with Gasteiger partial charge in [-0.15, -0.1) is 0 Å². The maximum absolute atomic E-state index is 12.4. The molecule has 0 radical (unpaired) electrons. The minimum absolute atomic E-state index is 0.147. The zero-order valence-electron chi connectivity index (χ0n) is 17.7. The van der Waals surface area contributed by atoms with Gasteiger partial charge in [-0.3, -0.25) is 4.79 Å². The Labute approximate surface area is 173 Å². The third kappa shape index (κ3) is 6.58. The molecule has 0 aromatic heterocycles. The van der Waals surface area contributed by atoms with E-state index >= 15 is 0 Å². The molecule has 2 N–H and O–H groups in total. The van der Waals surface area contributed by atoms with Gasteiger partial charge in [-0.2, -0.15) is 0 Å². The molecule has 0 saturated heterocycles. The molecule has 0 aliphatic rings. The van der Waals surface area contributed by atoms with Crippen LogP contribution in [0.3, 0.4) is 0 Å². The van der Waals surface area contributed by atoms with Crippen molar-refractivity contribution in [3.05, 3.63) is 53.6 Å². The Kier molecular flexibility index (Phi) is 7.43. The first-order valence-electron chi connectivity index (χ1n) is 9.73. The van der Waals surface area contributed by atoms with Crippen molar-refractivity contribution >= 4 is 21.6 Å². The first kappa shape index (κ1) is 22.9. The first-order chi connectivity index (χ1) is 13.6. The SMILES string of the molecule is CCc1cccc(CC)c1NC(=O)COc1ccc(S(=O)(=O)NC(C)(C)C)cc1. The van der Waals surface area contributed by atoms with Crippen LogP contribution in [0.15, 0.2) is 47.4 Å². The molecule has 0 heterocycles. The number of para-hydroxylation sites is 1. The Morgan fingerprint density at radius 2 is 1.52 bits per heavy atom. The highest BCUT2D eigenvalue weighted by Gasteiger charge is 2.21. The number of hydrogen-bond acceptors (Lipinski definition) is 4. The molecule has 2 aromatic carbocycles. The van der Waals surface area contributed by atoms with Gasteiger partial charge in [0.1, 0.15) is 5.75 Å². The van der Waals surface area contributed by atoms with Gasteiger partial charge >= 0.3 is 0 Å². The zero-order chi connectivity index (χ0) is 21.7. The summed E-state index contributed by atoms with van der Waals surface area (Å²) in [6, 6.07) is 12.0. The van der Waals surface area contributed by atoms with Gasteiger partial charge in [0.05, 0.1) is 4.90 Å². The molecule has 0 atom stereocenters. The van der Waals surface area contributed by atoms with Gasteiger partial charge in [-0.1, -0.05) is 32.0 Å². The first-order valence-corrected chi connectivity index (χ1v) is 11.2. The number of benzene rings is 2. The molecule has 2 rings (SSSR count). The summed E-state index contributed by atoms with van der Waals surface area (Å²) in [5.41, 5.74) is 2.44. The molecule has 0 unspecified atom stereocenters. The molecule has 0 bridgehead atoms. The average Bonchev–Trinajstić information content (AvgIpc) is 2.65. The molecule has 6 nitrogen and oxygen atoms in total. The summed E-state index contributed by atoms with van der Waals surface area (Å²) in [6.45, 7) is 9.27. The predicted molar refractivity (Wildman–Crippen MR) is 116 cm³/mol. The molecule has 1 amide bonds. The van der Waals surface area contributed by atoms with Crippen LogP contribution in [-0.2, 0) is 27.7 Å². The maximum Gasteiger partial charge on any atom is 0.262 e. The fourth-order valence-electron chi connectivity index (χ4n) is 2.90. The van der Waals surface area contributed by atoms with Gasteiger partial charge in [-0.25, -0.2) is 13.1 Å². The van der Waals surface area contributed by atoms with Crippen LogP contribution in [0.1, 0.15) is 45.7 Å². The third-order valence-corrected chi connectivity index (χ3v) is 5.98. The van der Waals surface area contributed by atoms with E-state index < -0.39 is 15.6 Å². The van der Waals surface area contributed by atoms with E-state index in [-0.39, 0.29) is 17.4 Å². The lowest BCUT2D eigenvalue weighted by molar-refractivity contribution is -0.118. The number of carbonyl (C=O) groups excluding carboxylic acids is 1. The van der Waals surface area contributed by atoms with Crippen LogP contribution in [0.4, 0.5) is 5.69 Å². The number of amides is 1. The second-order valence-corrected chi connectivity index (χ2v) is 9.50. The minimum Gasteiger partial charge on any atom is -0.484 e. The molecule has 158 valence electrons. The average molecular weight is 419 g/mol. The summed E-state index contributed by atoms with van der Waals surface area (Å²) in [5, 5.41) is 2.94. The van der Waals surface area contributed by atoms with Crippen molar-refractivity contribution < 1.29 is 17.9 Å². The number of carbonyl (C=O) groups is 1. The standard InChI is InChI=1S/C22H30N2O4S/c1-6-16-9-8-10-17(7-2)21(16)23-20(25)15-28-18-11-13-19(14-12-18)29(26,27)24-22(3,4)5/h8-14,24H,6-7,15H2,1-5H3,(H,23,25). The van der Waals surface area contributed by atoms with Crippen molar-refractivity contribution in [1.82, 2.24) is 4.72 Å². The van der Waals surface area contributed by atoms with E-state index in [9.17, 15) is 13.2 Å². The highest BCUT2D eigenvalue weighted by molar-refractivity contribution is 7.89. The summed E-state index contributed by atoms with van der Waals surface area (Å²) >= 11 is 0. The summed E-state index contributed by atoms with van der Waals surface area (Å²) in [7, 11) is -3.61. The number of sulfonamides is 1. The highest BCUT2D eigenvalue weighted by atomic mass is 32.2. The second-order valence-electron chi connectivity index (χ2n) is 7.82. The highest BCUT2D eigenvalue weighted by Crippen LogP contribution is 2.23. The molecule has 0 aliphatic heterocycles. The Morgan fingerprint density at radius 1 is 0.966 bits per heavy atom. The maximum atomic E-state index is 12.4. The lowest BCUT2D eigenvalue weighted by atomic mass is 10.0. The van der Waals surface area contributed by atoms with E-state index in [4.69, 9.17) is 4.74 Å². The van der Waals surface area contributed by atoms with Gasteiger partial charge in [-0.05, 0) is 69.0 Å². The monoisotopic (exact) mass is 418 g/mol. The Hall–Kier alpha value is -2.38. The molecule has 7 heteroatoms. The smallest absolute Gasteiger partial charge is 0.262 e. The van der Waals surface area contributed by atoms with Gasteiger partial charge < -0.3 is 10.1 Å². The number of hydrogen-bond donors (Lipinski definition) is 2. The van der Waals surface area contributed by atoms with Crippen molar-refractivity contribution in [1.29, 1.82) is 0 Å². The van der Waals surface area contributed by atoms with Crippen molar-refractivity contribution in [2.24, 2.45) is 0 Å².